The van der Waals surface area contributed by atoms with Crippen LogP contribution in [0.25, 0.3) is 22.6 Å². The molecule has 0 saturated heterocycles. The third-order valence-corrected chi connectivity index (χ3v) is 3.67. The number of para-hydroxylation sites is 1. The van der Waals surface area contributed by atoms with Gasteiger partial charge in [0.2, 0.25) is 0 Å². The zero-order chi connectivity index (χ0) is 16.2. The predicted molar refractivity (Wildman–Crippen MR) is 91.3 cm³/mol. The third kappa shape index (κ3) is 2.90. The van der Waals surface area contributed by atoms with Gasteiger partial charge in [0.1, 0.15) is 0 Å². The molecule has 0 bridgehead atoms. The van der Waals surface area contributed by atoms with E-state index in [9.17, 15) is 5.26 Å². The Kier molecular flexibility index (Phi) is 4.03. The SMILES string of the molecule is COc1ccc(/C(C#N)=C/c2cc3ccccc3[nH]2)cc1OC. The highest BCUT2D eigenvalue weighted by molar-refractivity contribution is 5.92. The maximum absolute atomic E-state index is 9.50. The second-order valence-corrected chi connectivity index (χ2v) is 5.05. The van der Waals surface area contributed by atoms with Gasteiger partial charge in [0, 0.05) is 11.2 Å². The Morgan fingerprint density at radius 3 is 2.52 bits per heavy atom. The van der Waals surface area contributed by atoms with Crippen LogP contribution in [0.5, 0.6) is 11.5 Å². The molecule has 0 amide bonds. The standard InChI is InChI=1S/C19H16N2O2/c1-22-18-8-7-13(11-19(18)23-2)15(12-20)10-16-9-14-5-3-4-6-17(14)21-16/h3-11,21H,1-2H3/b15-10+. The van der Waals surface area contributed by atoms with Gasteiger partial charge < -0.3 is 14.5 Å². The molecule has 3 rings (SSSR count). The van der Waals surface area contributed by atoms with E-state index in [-0.39, 0.29) is 0 Å². The molecule has 4 heteroatoms. The maximum Gasteiger partial charge on any atom is 0.161 e. The van der Waals surface area contributed by atoms with Crippen molar-refractivity contribution in [1.29, 1.82) is 5.26 Å². The van der Waals surface area contributed by atoms with Crippen LogP contribution in [0.4, 0.5) is 0 Å². The number of hydrogen-bond acceptors (Lipinski definition) is 3. The summed E-state index contributed by atoms with van der Waals surface area (Å²) >= 11 is 0. The number of nitriles is 1. The number of nitrogens with one attached hydrogen (secondary N) is 1. The summed E-state index contributed by atoms with van der Waals surface area (Å²) < 4.78 is 10.5. The van der Waals surface area contributed by atoms with Gasteiger partial charge in [-0.2, -0.15) is 5.26 Å². The lowest BCUT2D eigenvalue weighted by atomic mass is 10.1. The number of methoxy groups -OCH3 is 2. The molecule has 1 heterocycles. The minimum absolute atomic E-state index is 0.553. The van der Waals surface area contributed by atoms with E-state index in [1.807, 2.05) is 42.5 Å². The molecule has 0 radical (unpaired) electrons. The van der Waals surface area contributed by atoms with Crippen molar-refractivity contribution in [1.82, 2.24) is 4.98 Å². The van der Waals surface area contributed by atoms with E-state index in [4.69, 9.17) is 9.47 Å². The van der Waals surface area contributed by atoms with Crippen molar-refractivity contribution >= 4 is 22.6 Å². The van der Waals surface area contributed by atoms with E-state index < -0.39 is 0 Å². The molecule has 0 unspecified atom stereocenters. The molecule has 0 aliphatic rings. The van der Waals surface area contributed by atoms with Crippen molar-refractivity contribution < 1.29 is 9.47 Å². The van der Waals surface area contributed by atoms with Crippen LogP contribution in [0.1, 0.15) is 11.3 Å². The van der Waals surface area contributed by atoms with E-state index in [2.05, 4.69) is 11.1 Å². The molecule has 0 spiro atoms. The topological polar surface area (TPSA) is 58.0 Å². The molecule has 4 nitrogen and oxygen atoms in total. The Hall–Kier alpha value is -3.19. The first-order chi connectivity index (χ1) is 11.2. The number of aromatic nitrogens is 1. The van der Waals surface area contributed by atoms with Crippen LogP contribution in [0.15, 0.2) is 48.5 Å². The van der Waals surface area contributed by atoms with Crippen molar-refractivity contribution in [2.24, 2.45) is 0 Å². The summed E-state index contributed by atoms with van der Waals surface area (Å²) in [5.74, 6) is 1.24. The number of nitrogens with zero attached hydrogens (tertiary/aromatic N) is 1. The van der Waals surface area contributed by atoms with E-state index in [0.717, 1.165) is 22.2 Å². The van der Waals surface area contributed by atoms with E-state index in [1.165, 1.54) is 0 Å². The minimum Gasteiger partial charge on any atom is -0.493 e. The summed E-state index contributed by atoms with van der Waals surface area (Å²) in [6.45, 7) is 0. The molecule has 3 aromatic rings. The number of fused-ring (bicyclic) bond motifs is 1. The van der Waals surface area contributed by atoms with Crippen molar-refractivity contribution in [2.75, 3.05) is 14.2 Å². The first-order valence-electron chi connectivity index (χ1n) is 7.17. The van der Waals surface area contributed by atoms with E-state index in [1.54, 1.807) is 26.4 Å². The van der Waals surface area contributed by atoms with Crippen LogP contribution in [0.2, 0.25) is 0 Å². The van der Waals surface area contributed by atoms with Gasteiger partial charge in [0.05, 0.1) is 25.9 Å². The Morgan fingerprint density at radius 1 is 1.04 bits per heavy atom. The van der Waals surface area contributed by atoms with Crippen LogP contribution in [0, 0.1) is 11.3 Å². The molecule has 1 N–H and O–H groups in total. The summed E-state index contributed by atoms with van der Waals surface area (Å²) in [6.07, 6.45) is 1.83. The van der Waals surface area contributed by atoms with Gasteiger partial charge in [-0.1, -0.05) is 18.2 Å². The van der Waals surface area contributed by atoms with Crippen molar-refractivity contribution in [2.45, 2.75) is 0 Å². The number of benzene rings is 2. The third-order valence-electron chi connectivity index (χ3n) is 3.67. The molecular weight excluding hydrogens is 288 g/mol. The number of allylic oxidation sites excluding steroid dienone is 1. The van der Waals surface area contributed by atoms with Crippen molar-refractivity contribution in [3.63, 3.8) is 0 Å². The zero-order valence-corrected chi connectivity index (χ0v) is 13.0. The lowest BCUT2D eigenvalue weighted by Crippen LogP contribution is -1.92. The lowest BCUT2D eigenvalue weighted by Gasteiger charge is -2.08. The number of aromatic amines is 1. The van der Waals surface area contributed by atoms with Crippen molar-refractivity contribution in [3.8, 4) is 17.6 Å². The maximum atomic E-state index is 9.50. The average molecular weight is 304 g/mol. The molecule has 2 aromatic carbocycles. The average Bonchev–Trinajstić information content (AvgIpc) is 3.01. The largest absolute Gasteiger partial charge is 0.493 e. The summed E-state index contributed by atoms with van der Waals surface area (Å²) in [5.41, 5.74) is 3.27. The first kappa shape index (κ1) is 14.7. The molecule has 23 heavy (non-hydrogen) atoms. The normalized spacial score (nSPS) is 11.3. The van der Waals surface area contributed by atoms with Gasteiger partial charge in [0.15, 0.2) is 11.5 Å². The van der Waals surface area contributed by atoms with Crippen LogP contribution in [-0.2, 0) is 0 Å². The van der Waals surface area contributed by atoms with Gasteiger partial charge in [-0.3, -0.25) is 0 Å². The molecule has 114 valence electrons. The Balaban J connectivity index is 2.03. The zero-order valence-electron chi connectivity index (χ0n) is 13.0. The highest BCUT2D eigenvalue weighted by Crippen LogP contribution is 2.31. The highest BCUT2D eigenvalue weighted by Gasteiger charge is 2.08. The Labute approximate surface area is 134 Å². The molecule has 0 aliphatic heterocycles. The second-order valence-electron chi connectivity index (χ2n) is 5.05. The van der Waals surface area contributed by atoms with Gasteiger partial charge in [-0.25, -0.2) is 0 Å². The van der Waals surface area contributed by atoms with E-state index in [0.29, 0.717) is 17.1 Å². The van der Waals surface area contributed by atoms with Crippen LogP contribution in [0.3, 0.4) is 0 Å². The number of ether oxygens (including phenoxy) is 2. The van der Waals surface area contributed by atoms with Crippen LogP contribution >= 0.6 is 0 Å². The summed E-state index contributed by atoms with van der Waals surface area (Å²) in [7, 11) is 3.16. The van der Waals surface area contributed by atoms with Gasteiger partial charge in [-0.15, -0.1) is 0 Å². The number of rotatable bonds is 4. The second kappa shape index (κ2) is 6.29. The molecule has 0 aliphatic carbocycles. The highest BCUT2D eigenvalue weighted by atomic mass is 16.5. The van der Waals surface area contributed by atoms with Crippen LogP contribution < -0.4 is 9.47 Å². The van der Waals surface area contributed by atoms with E-state index >= 15 is 0 Å². The van der Waals surface area contributed by atoms with Gasteiger partial charge in [-0.05, 0) is 47.4 Å². The molecule has 0 saturated carbocycles. The summed E-state index contributed by atoms with van der Waals surface area (Å²) in [5, 5.41) is 10.6. The predicted octanol–water partition coefficient (Wildman–Crippen LogP) is 4.25. The van der Waals surface area contributed by atoms with Crippen LogP contribution in [-0.4, -0.2) is 19.2 Å². The molecule has 1 aromatic heterocycles. The van der Waals surface area contributed by atoms with Gasteiger partial charge in [0.25, 0.3) is 0 Å². The Morgan fingerprint density at radius 2 is 1.83 bits per heavy atom. The minimum atomic E-state index is 0.553. The fraction of sp³-hybridized carbons (Fsp3) is 0.105. The summed E-state index contributed by atoms with van der Waals surface area (Å²) in [4.78, 5) is 3.30. The van der Waals surface area contributed by atoms with Gasteiger partial charge >= 0.3 is 0 Å². The monoisotopic (exact) mass is 304 g/mol. The molecule has 0 atom stereocenters. The smallest absolute Gasteiger partial charge is 0.161 e. The number of hydrogen-bond donors (Lipinski definition) is 1. The Bertz CT molecular complexity index is 884. The fourth-order valence-corrected chi connectivity index (χ4v) is 2.51. The molecule has 0 fully saturated rings. The number of H-pyrrole nitrogens is 1. The lowest BCUT2D eigenvalue weighted by molar-refractivity contribution is 0.355. The van der Waals surface area contributed by atoms with Crippen molar-refractivity contribution in [3.05, 3.63) is 59.8 Å². The summed E-state index contributed by atoms with van der Waals surface area (Å²) in [6, 6.07) is 17.7. The quantitative estimate of drug-likeness (QED) is 0.733. The fourth-order valence-electron chi connectivity index (χ4n) is 2.51. The first-order valence-corrected chi connectivity index (χ1v) is 7.17. The molecular formula is C19H16N2O2.